The van der Waals surface area contributed by atoms with Crippen LogP contribution < -0.4 is 4.74 Å². The number of hydrogen-bond donors (Lipinski definition) is 1. The summed E-state index contributed by atoms with van der Waals surface area (Å²) in [5.74, 6) is 0.0416. The highest BCUT2D eigenvalue weighted by Gasteiger charge is 2.43. The highest BCUT2D eigenvalue weighted by Crippen LogP contribution is 2.37. The van der Waals surface area contributed by atoms with Gasteiger partial charge in [-0.05, 0) is 57.5 Å². The van der Waals surface area contributed by atoms with Crippen LogP contribution in [0.2, 0.25) is 0 Å². The average Bonchev–Trinajstić information content (AvgIpc) is 2.47. The van der Waals surface area contributed by atoms with Gasteiger partial charge in [-0.2, -0.15) is 0 Å². The van der Waals surface area contributed by atoms with E-state index in [1.54, 1.807) is 7.11 Å². The van der Waals surface area contributed by atoms with Crippen molar-refractivity contribution in [1.29, 1.82) is 0 Å². The summed E-state index contributed by atoms with van der Waals surface area (Å²) < 4.78 is 5.14. The van der Waals surface area contributed by atoms with E-state index < -0.39 is 11.4 Å². The summed E-state index contributed by atoms with van der Waals surface area (Å²) in [5.41, 5.74) is 0.131. The Morgan fingerprint density at radius 1 is 1.25 bits per heavy atom. The molecule has 0 aromatic heterocycles. The molecule has 0 unspecified atom stereocenters. The number of nitrogens with zero attached hydrogens (tertiary/aromatic N) is 1. The predicted molar refractivity (Wildman–Crippen MR) is 78.3 cm³/mol. The Morgan fingerprint density at radius 2 is 1.80 bits per heavy atom. The number of carbonyl (C=O) groups is 1. The second-order valence-corrected chi connectivity index (χ2v) is 5.75. The van der Waals surface area contributed by atoms with Gasteiger partial charge in [-0.3, -0.25) is 4.79 Å². The Labute approximate surface area is 120 Å². The first kappa shape index (κ1) is 14.9. The van der Waals surface area contributed by atoms with Crippen LogP contribution in [0.25, 0.3) is 0 Å². The Bertz CT molecular complexity index is 459. The van der Waals surface area contributed by atoms with Crippen molar-refractivity contribution in [1.82, 2.24) is 4.90 Å². The zero-order valence-electron chi connectivity index (χ0n) is 12.4. The van der Waals surface area contributed by atoms with E-state index in [1.165, 1.54) is 0 Å². The molecule has 0 aliphatic carbocycles. The molecule has 0 radical (unpaired) electrons. The van der Waals surface area contributed by atoms with Gasteiger partial charge in [0.15, 0.2) is 0 Å². The first-order chi connectivity index (χ1) is 9.49. The van der Waals surface area contributed by atoms with Gasteiger partial charge in [-0.25, -0.2) is 0 Å². The second-order valence-electron chi connectivity index (χ2n) is 5.75. The number of aliphatic carboxylic acids is 1. The van der Waals surface area contributed by atoms with Crippen molar-refractivity contribution in [2.24, 2.45) is 0 Å². The summed E-state index contributed by atoms with van der Waals surface area (Å²) in [6.45, 7) is 5.97. The standard InChI is InChI=1S/C16H23NO3/c1-12(2)17-10-8-16(9-11-17,15(18)19)13-4-6-14(20-3)7-5-13/h4-7,12H,8-11H2,1-3H3,(H,18,19). The van der Waals surface area contributed by atoms with E-state index in [9.17, 15) is 9.90 Å². The summed E-state index contributed by atoms with van der Waals surface area (Å²) in [4.78, 5) is 14.2. The smallest absolute Gasteiger partial charge is 0.314 e. The van der Waals surface area contributed by atoms with Crippen LogP contribution in [0.3, 0.4) is 0 Å². The summed E-state index contributed by atoms with van der Waals surface area (Å²) in [7, 11) is 1.61. The average molecular weight is 277 g/mol. The molecule has 0 atom stereocenters. The molecule has 2 rings (SSSR count). The van der Waals surface area contributed by atoms with E-state index in [1.807, 2.05) is 24.3 Å². The summed E-state index contributed by atoms with van der Waals surface area (Å²) in [5, 5.41) is 9.74. The predicted octanol–water partition coefficient (Wildman–Crippen LogP) is 2.52. The third-order valence-electron chi connectivity index (χ3n) is 4.43. The van der Waals surface area contributed by atoms with Crippen LogP contribution in [-0.4, -0.2) is 42.2 Å². The Morgan fingerprint density at radius 3 is 2.20 bits per heavy atom. The van der Waals surface area contributed by atoms with E-state index in [-0.39, 0.29) is 0 Å². The lowest BCUT2D eigenvalue weighted by atomic mass is 9.72. The number of hydrogen-bond acceptors (Lipinski definition) is 3. The highest BCUT2D eigenvalue weighted by atomic mass is 16.5. The zero-order chi connectivity index (χ0) is 14.8. The number of methoxy groups -OCH3 is 1. The van der Waals surface area contributed by atoms with Crippen LogP contribution in [-0.2, 0) is 10.2 Å². The first-order valence-corrected chi connectivity index (χ1v) is 7.11. The van der Waals surface area contributed by atoms with Gasteiger partial charge in [0.2, 0.25) is 0 Å². The number of ether oxygens (including phenoxy) is 1. The fourth-order valence-electron chi connectivity index (χ4n) is 2.96. The van der Waals surface area contributed by atoms with Gasteiger partial charge >= 0.3 is 5.97 Å². The molecule has 1 heterocycles. The minimum Gasteiger partial charge on any atom is -0.497 e. The summed E-state index contributed by atoms with van der Waals surface area (Å²) in [6, 6.07) is 7.93. The SMILES string of the molecule is COc1ccc(C2(C(=O)O)CCN(C(C)C)CC2)cc1. The van der Waals surface area contributed by atoms with Crippen molar-refractivity contribution >= 4 is 5.97 Å². The van der Waals surface area contributed by atoms with E-state index in [4.69, 9.17) is 4.74 Å². The van der Waals surface area contributed by atoms with Crippen molar-refractivity contribution in [3.05, 3.63) is 29.8 Å². The molecule has 0 amide bonds. The van der Waals surface area contributed by atoms with Crippen LogP contribution in [0, 0.1) is 0 Å². The zero-order valence-corrected chi connectivity index (χ0v) is 12.4. The fraction of sp³-hybridized carbons (Fsp3) is 0.562. The highest BCUT2D eigenvalue weighted by molar-refractivity contribution is 5.81. The molecule has 1 aliphatic heterocycles. The maximum absolute atomic E-state index is 11.9. The van der Waals surface area contributed by atoms with Gasteiger partial charge in [0.1, 0.15) is 5.75 Å². The Balaban J connectivity index is 2.25. The quantitative estimate of drug-likeness (QED) is 0.918. The molecule has 1 fully saturated rings. The van der Waals surface area contributed by atoms with Crippen molar-refractivity contribution in [2.45, 2.75) is 38.1 Å². The van der Waals surface area contributed by atoms with Gasteiger partial charge in [-0.1, -0.05) is 12.1 Å². The third-order valence-corrected chi connectivity index (χ3v) is 4.43. The molecule has 110 valence electrons. The van der Waals surface area contributed by atoms with Gasteiger partial charge in [-0.15, -0.1) is 0 Å². The molecule has 0 saturated carbocycles. The van der Waals surface area contributed by atoms with Gasteiger partial charge in [0.25, 0.3) is 0 Å². The van der Waals surface area contributed by atoms with Gasteiger partial charge in [0.05, 0.1) is 12.5 Å². The van der Waals surface area contributed by atoms with Gasteiger partial charge in [0, 0.05) is 6.04 Å². The molecular formula is C16H23NO3. The van der Waals surface area contributed by atoms with Crippen LogP contribution in [0.15, 0.2) is 24.3 Å². The van der Waals surface area contributed by atoms with E-state index in [0.717, 1.165) is 24.4 Å². The lowest BCUT2D eigenvalue weighted by Gasteiger charge is -2.40. The third kappa shape index (κ3) is 2.66. The molecule has 20 heavy (non-hydrogen) atoms. The monoisotopic (exact) mass is 277 g/mol. The second kappa shape index (κ2) is 5.83. The molecule has 4 heteroatoms. The van der Waals surface area contributed by atoms with Crippen molar-refractivity contribution in [3.8, 4) is 5.75 Å². The molecule has 4 nitrogen and oxygen atoms in total. The van der Waals surface area contributed by atoms with E-state index in [2.05, 4.69) is 18.7 Å². The molecule has 1 aliphatic rings. The fourth-order valence-corrected chi connectivity index (χ4v) is 2.96. The summed E-state index contributed by atoms with van der Waals surface area (Å²) >= 11 is 0. The molecule has 1 N–H and O–H groups in total. The maximum Gasteiger partial charge on any atom is 0.314 e. The number of likely N-dealkylation sites (tertiary alicyclic amines) is 1. The minimum atomic E-state index is -0.752. The normalized spacial score (nSPS) is 19.0. The number of carboxylic acid groups (broad SMARTS) is 1. The van der Waals surface area contributed by atoms with Crippen molar-refractivity contribution < 1.29 is 14.6 Å². The van der Waals surface area contributed by atoms with Crippen LogP contribution in [0.5, 0.6) is 5.75 Å². The maximum atomic E-state index is 11.9. The Kier molecular flexibility index (Phi) is 4.33. The molecule has 1 aromatic carbocycles. The molecule has 1 aromatic rings. The topological polar surface area (TPSA) is 49.8 Å². The van der Waals surface area contributed by atoms with E-state index in [0.29, 0.717) is 18.9 Å². The van der Waals surface area contributed by atoms with Crippen LogP contribution in [0.4, 0.5) is 0 Å². The number of benzene rings is 1. The van der Waals surface area contributed by atoms with Crippen molar-refractivity contribution in [3.63, 3.8) is 0 Å². The van der Waals surface area contributed by atoms with Crippen LogP contribution in [0.1, 0.15) is 32.3 Å². The molecule has 0 bridgehead atoms. The molecule has 1 saturated heterocycles. The lowest BCUT2D eigenvalue weighted by molar-refractivity contribution is -0.146. The first-order valence-electron chi connectivity index (χ1n) is 7.11. The largest absolute Gasteiger partial charge is 0.497 e. The van der Waals surface area contributed by atoms with Gasteiger partial charge < -0.3 is 14.7 Å². The van der Waals surface area contributed by atoms with Crippen molar-refractivity contribution in [2.75, 3.05) is 20.2 Å². The van der Waals surface area contributed by atoms with Crippen LogP contribution >= 0.6 is 0 Å². The van der Waals surface area contributed by atoms with E-state index >= 15 is 0 Å². The number of rotatable bonds is 4. The lowest BCUT2D eigenvalue weighted by Crippen LogP contribution is -2.49. The Hall–Kier alpha value is -1.55. The number of carboxylic acids is 1. The minimum absolute atomic E-state index is 0.470. The number of piperidine rings is 1. The molecule has 0 spiro atoms. The molecular weight excluding hydrogens is 254 g/mol. The summed E-state index contributed by atoms with van der Waals surface area (Å²) in [6.07, 6.45) is 1.32.